The molecule has 0 unspecified atom stereocenters. The molecule has 1 heterocycles. The van der Waals surface area contributed by atoms with E-state index in [-0.39, 0.29) is 23.8 Å². The molecule has 1 amide bonds. The van der Waals surface area contributed by atoms with Gasteiger partial charge in [0.05, 0.1) is 5.54 Å². The van der Waals surface area contributed by atoms with Crippen LogP contribution in [-0.4, -0.2) is 52.7 Å². The minimum atomic E-state index is -4.57. The number of carbonyl (C=O) groups is 1. The molecule has 3 aromatic rings. The van der Waals surface area contributed by atoms with E-state index in [0.29, 0.717) is 35.8 Å². The van der Waals surface area contributed by atoms with E-state index in [1.54, 1.807) is 36.4 Å². The molecule has 1 aliphatic carbocycles. The van der Waals surface area contributed by atoms with Gasteiger partial charge in [-0.15, -0.1) is 12.8 Å². The zero-order valence-electron chi connectivity index (χ0n) is 23.0. The molecule has 11 nitrogen and oxygen atoms in total. The van der Waals surface area contributed by atoms with Crippen molar-refractivity contribution in [2.24, 2.45) is 16.5 Å². The Morgan fingerprint density at radius 1 is 1.00 bits per heavy atom. The molecule has 0 radical (unpaired) electrons. The largest absolute Gasteiger partial charge is 0.454 e. The molecule has 15 heteroatoms. The van der Waals surface area contributed by atoms with Crippen molar-refractivity contribution in [2.45, 2.75) is 37.4 Å². The first-order valence-electron chi connectivity index (χ1n) is 13.1. The number of nitrogens with zero attached hydrogens (tertiary/aromatic N) is 4. The van der Waals surface area contributed by atoms with E-state index in [4.69, 9.17) is 27.8 Å². The minimum Gasteiger partial charge on any atom is -0.454 e. The highest BCUT2D eigenvalue weighted by atomic mass is 35.5. The third kappa shape index (κ3) is 10.5. The molecule has 0 bridgehead atoms. The van der Waals surface area contributed by atoms with Crippen LogP contribution in [0, 0.1) is 12.8 Å². The summed E-state index contributed by atoms with van der Waals surface area (Å²) in [4.78, 5) is 28.7. The van der Waals surface area contributed by atoms with Crippen LogP contribution in [0.2, 0.25) is 5.02 Å². The average molecular weight is 618 g/mol. The van der Waals surface area contributed by atoms with Crippen LogP contribution in [0.5, 0.6) is 6.01 Å². The Labute approximate surface area is 251 Å². The van der Waals surface area contributed by atoms with Crippen LogP contribution in [0.25, 0.3) is 0 Å². The molecule has 0 atom stereocenters. The van der Waals surface area contributed by atoms with E-state index >= 15 is 0 Å². The number of nitrogens with two attached hydrogens (primary N) is 2. The molecular weight excluding hydrogens is 587 g/mol. The maximum absolute atomic E-state index is 12.8. The molecule has 1 aromatic heterocycles. The number of amides is 1. The van der Waals surface area contributed by atoms with Crippen molar-refractivity contribution in [3.05, 3.63) is 64.7 Å². The number of hydrogen-bond acceptors (Lipinski definition) is 8. The Morgan fingerprint density at radius 3 is 2.26 bits per heavy atom. The number of guanidine groups is 1. The Bertz CT molecular complexity index is 1410. The fourth-order valence-electron chi connectivity index (χ4n) is 3.86. The highest BCUT2D eigenvalue weighted by molar-refractivity contribution is 6.30. The van der Waals surface area contributed by atoms with Gasteiger partial charge in [0.15, 0.2) is 12.6 Å². The number of unbranched alkanes of at least 4 members (excludes halogenated alkanes) is 1. The quantitative estimate of drug-likeness (QED) is 0.0811. The van der Waals surface area contributed by atoms with Gasteiger partial charge in [0.2, 0.25) is 11.9 Å². The third-order valence-electron chi connectivity index (χ3n) is 6.05. The first-order valence-corrected chi connectivity index (χ1v) is 13.4. The second kappa shape index (κ2) is 14.9. The van der Waals surface area contributed by atoms with E-state index in [1.807, 2.05) is 12.1 Å². The fourth-order valence-corrected chi connectivity index (χ4v) is 3.98. The molecule has 2 aromatic carbocycles. The zero-order chi connectivity index (χ0) is 31.5. The van der Waals surface area contributed by atoms with Crippen LogP contribution in [0.3, 0.4) is 0 Å². The molecule has 228 valence electrons. The van der Waals surface area contributed by atoms with Gasteiger partial charge in [-0.2, -0.15) is 28.1 Å². The number of terminal acetylenes is 1. The second-order valence-corrected chi connectivity index (χ2v) is 9.79. The van der Waals surface area contributed by atoms with Crippen LogP contribution in [0.1, 0.15) is 41.6 Å². The lowest BCUT2D eigenvalue weighted by molar-refractivity contribution is -0.154. The summed E-state index contributed by atoms with van der Waals surface area (Å²) in [5.74, 6) is -0.223. The highest BCUT2D eigenvalue weighted by Gasteiger charge is 2.45. The van der Waals surface area contributed by atoms with Gasteiger partial charge < -0.3 is 32.2 Å². The predicted octanol–water partition coefficient (Wildman–Crippen LogP) is 4.34. The number of benzene rings is 2. The summed E-state index contributed by atoms with van der Waals surface area (Å²) in [6.45, 7) is -0.619. The van der Waals surface area contributed by atoms with Crippen LogP contribution < -0.4 is 32.2 Å². The van der Waals surface area contributed by atoms with Crippen LogP contribution in [0.4, 0.5) is 30.8 Å². The molecule has 0 aliphatic heterocycles. The number of ether oxygens (including phenoxy) is 1. The van der Waals surface area contributed by atoms with Crippen LogP contribution in [0.15, 0.2) is 53.5 Å². The molecular formula is C28H31ClF3N9O2. The lowest BCUT2D eigenvalue weighted by atomic mass is 10.1. The van der Waals surface area contributed by atoms with Gasteiger partial charge in [-0.3, -0.25) is 9.79 Å². The number of alkyl halides is 3. The molecule has 1 fully saturated rings. The average Bonchev–Trinajstić information content (AvgIpc) is 3.75. The maximum atomic E-state index is 12.8. The van der Waals surface area contributed by atoms with Crippen LogP contribution in [-0.2, 0) is 5.54 Å². The summed E-state index contributed by atoms with van der Waals surface area (Å²) < 4.78 is 43.2. The van der Waals surface area contributed by atoms with Gasteiger partial charge in [-0.05, 0) is 67.6 Å². The van der Waals surface area contributed by atoms with Gasteiger partial charge in [0.25, 0.3) is 5.91 Å². The zero-order valence-corrected chi connectivity index (χ0v) is 23.8. The van der Waals surface area contributed by atoms with Crippen LogP contribution >= 0.6 is 11.6 Å². The molecule has 0 spiro atoms. The van der Waals surface area contributed by atoms with Crippen molar-refractivity contribution in [3.63, 3.8) is 0 Å². The lowest BCUT2D eigenvalue weighted by Crippen LogP contribution is -2.25. The molecule has 1 aliphatic rings. The maximum Gasteiger partial charge on any atom is 0.422 e. The summed E-state index contributed by atoms with van der Waals surface area (Å²) in [6.07, 6.45) is 6.39. The van der Waals surface area contributed by atoms with E-state index in [2.05, 4.69) is 48.7 Å². The van der Waals surface area contributed by atoms with Gasteiger partial charge in [-0.1, -0.05) is 23.7 Å². The molecule has 0 saturated heterocycles. The van der Waals surface area contributed by atoms with E-state index in [0.717, 1.165) is 24.8 Å². The number of anilines is 3. The first-order chi connectivity index (χ1) is 20.5. The van der Waals surface area contributed by atoms with Crippen molar-refractivity contribution < 1.29 is 22.7 Å². The van der Waals surface area contributed by atoms with Gasteiger partial charge in [-0.25, -0.2) is 0 Å². The summed E-state index contributed by atoms with van der Waals surface area (Å²) >= 11 is 6.00. The summed E-state index contributed by atoms with van der Waals surface area (Å²) in [5, 5.41) is 9.54. The van der Waals surface area contributed by atoms with Gasteiger partial charge in [0, 0.05) is 29.4 Å². The summed E-state index contributed by atoms with van der Waals surface area (Å²) in [5.41, 5.74) is 11.9. The first kappa shape index (κ1) is 32.7. The van der Waals surface area contributed by atoms with Gasteiger partial charge in [0.1, 0.15) is 0 Å². The van der Waals surface area contributed by atoms with E-state index in [9.17, 15) is 18.0 Å². The normalized spacial score (nSPS) is 13.1. The molecule has 7 N–H and O–H groups in total. The molecule has 4 rings (SSSR count). The fraction of sp³-hybridized carbons (Fsp3) is 0.321. The van der Waals surface area contributed by atoms with Crippen molar-refractivity contribution >= 4 is 41.1 Å². The SMILES string of the molecule is C#C.NC(N)=NCCCCNC(=O)c1ccc(Nc2nc(NC3(c4ccc(Cl)cc4)CC3)nc(OCC(F)(F)F)n2)cc1. The lowest BCUT2D eigenvalue weighted by Gasteiger charge is -2.19. The Hall–Kier alpha value is -4.77. The third-order valence-corrected chi connectivity index (χ3v) is 6.30. The van der Waals surface area contributed by atoms with Gasteiger partial charge >= 0.3 is 12.2 Å². The molecule has 43 heavy (non-hydrogen) atoms. The highest BCUT2D eigenvalue weighted by Crippen LogP contribution is 2.48. The minimum absolute atomic E-state index is 0.0298. The van der Waals surface area contributed by atoms with Crippen molar-refractivity contribution in [1.29, 1.82) is 0 Å². The number of rotatable bonds is 13. The smallest absolute Gasteiger partial charge is 0.422 e. The standard InChI is InChI=1S/C26H29ClF3N9O2.C2H2/c27-18-7-5-17(6-8-18)25(11-12-25)39-23-36-22(37-24(38-23)41-15-26(28,29)30)35-19-9-3-16(4-10-19)20(40)33-13-1-2-14-34-21(31)32;1-2/h3-10H,1-2,11-15H2,(H,33,40)(H4,31,32,34)(H2,35,36,37,38,39);1-2H. The second-order valence-electron chi connectivity index (χ2n) is 9.35. The predicted molar refractivity (Wildman–Crippen MR) is 159 cm³/mol. The van der Waals surface area contributed by atoms with Crippen molar-refractivity contribution in [2.75, 3.05) is 30.3 Å². The number of carbonyl (C=O) groups excluding carboxylic acids is 1. The monoisotopic (exact) mass is 617 g/mol. The Morgan fingerprint density at radius 2 is 1.65 bits per heavy atom. The Balaban J connectivity index is 0.00000248. The summed E-state index contributed by atoms with van der Waals surface area (Å²) in [6, 6.07) is 13.2. The Kier molecular flexibility index (Phi) is 11.4. The number of hydrogen-bond donors (Lipinski definition) is 5. The number of halogens is 4. The van der Waals surface area contributed by atoms with Crippen molar-refractivity contribution in [3.8, 4) is 18.9 Å². The molecule has 1 saturated carbocycles. The van der Waals surface area contributed by atoms with Crippen molar-refractivity contribution in [1.82, 2.24) is 20.3 Å². The number of aromatic nitrogens is 3. The van der Waals surface area contributed by atoms with E-state index in [1.165, 1.54) is 0 Å². The van der Waals surface area contributed by atoms with E-state index < -0.39 is 24.3 Å². The number of nitrogens with one attached hydrogen (secondary N) is 3. The summed E-state index contributed by atoms with van der Waals surface area (Å²) in [7, 11) is 0. The topological polar surface area (TPSA) is 165 Å². The number of aliphatic imine (C=N–C) groups is 1.